The van der Waals surface area contributed by atoms with Gasteiger partial charge in [-0.3, -0.25) is 24.0 Å². The zero-order valence-corrected chi connectivity index (χ0v) is 22.2. The topological polar surface area (TPSA) is 131 Å². The average Bonchev–Trinajstić information content (AvgIpc) is 3.42. The number of amides is 4. The SMILES string of the molecule is CCCCNC(=O)c1ccc2c(c1)C(COC(=O)ON1C(=O)CCC1=O)c1cc(C(=O)NCCCC)ccc1-2. The largest absolute Gasteiger partial charge is 0.533 e. The van der Waals surface area contributed by atoms with Crippen molar-refractivity contribution in [1.82, 2.24) is 15.7 Å². The van der Waals surface area contributed by atoms with Crippen molar-refractivity contribution in [3.8, 4) is 11.1 Å². The summed E-state index contributed by atoms with van der Waals surface area (Å²) in [6, 6.07) is 10.7. The van der Waals surface area contributed by atoms with E-state index in [1.54, 1.807) is 24.3 Å². The van der Waals surface area contributed by atoms with Crippen molar-refractivity contribution in [2.45, 2.75) is 58.3 Å². The molecule has 10 nitrogen and oxygen atoms in total. The summed E-state index contributed by atoms with van der Waals surface area (Å²) < 4.78 is 5.35. The number of nitrogens with zero attached hydrogens (tertiary/aromatic N) is 1. The van der Waals surface area contributed by atoms with Gasteiger partial charge in [-0.1, -0.05) is 43.9 Å². The lowest BCUT2D eigenvalue weighted by Gasteiger charge is -2.17. The van der Waals surface area contributed by atoms with Gasteiger partial charge in [-0.25, -0.2) is 4.79 Å². The van der Waals surface area contributed by atoms with Crippen LogP contribution < -0.4 is 10.6 Å². The van der Waals surface area contributed by atoms with Crippen molar-refractivity contribution < 1.29 is 33.5 Å². The molecule has 0 saturated carbocycles. The Morgan fingerprint density at radius 2 is 1.31 bits per heavy atom. The van der Waals surface area contributed by atoms with E-state index in [-0.39, 0.29) is 31.3 Å². The second kappa shape index (κ2) is 12.6. The Morgan fingerprint density at radius 3 is 1.77 bits per heavy atom. The molecule has 2 aliphatic rings. The molecule has 39 heavy (non-hydrogen) atoms. The van der Waals surface area contributed by atoms with E-state index in [1.807, 2.05) is 26.0 Å². The Morgan fingerprint density at radius 1 is 0.821 bits per heavy atom. The van der Waals surface area contributed by atoms with Gasteiger partial charge in [-0.05, 0) is 59.4 Å². The second-order valence-electron chi connectivity index (χ2n) is 9.61. The minimum Gasteiger partial charge on any atom is -0.432 e. The molecule has 0 unspecified atom stereocenters. The highest BCUT2D eigenvalue weighted by atomic mass is 16.8. The molecule has 2 aromatic rings. The Kier molecular flexibility index (Phi) is 8.96. The van der Waals surface area contributed by atoms with Crippen molar-refractivity contribution in [3.05, 3.63) is 58.7 Å². The normalized spacial score (nSPS) is 14.2. The summed E-state index contributed by atoms with van der Waals surface area (Å²) in [6.45, 7) is 5.03. The second-order valence-corrected chi connectivity index (χ2v) is 9.61. The maximum atomic E-state index is 12.7. The number of hydroxylamine groups is 2. The van der Waals surface area contributed by atoms with E-state index >= 15 is 0 Å². The van der Waals surface area contributed by atoms with Gasteiger partial charge < -0.3 is 15.4 Å². The lowest BCUT2D eigenvalue weighted by atomic mass is 9.95. The number of imide groups is 1. The van der Waals surface area contributed by atoms with Crippen LogP contribution in [0.1, 0.15) is 90.1 Å². The fourth-order valence-electron chi connectivity index (χ4n) is 4.69. The van der Waals surface area contributed by atoms with Crippen LogP contribution in [0.3, 0.4) is 0 Å². The van der Waals surface area contributed by atoms with Crippen LogP contribution in [0.5, 0.6) is 0 Å². The molecule has 4 rings (SSSR count). The molecule has 0 bridgehead atoms. The first-order valence-corrected chi connectivity index (χ1v) is 13.4. The fourth-order valence-corrected chi connectivity index (χ4v) is 4.69. The predicted molar refractivity (Wildman–Crippen MR) is 142 cm³/mol. The summed E-state index contributed by atoms with van der Waals surface area (Å²) in [7, 11) is 0. The van der Waals surface area contributed by atoms with E-state index in [0.717, 1.165) is 47.9 Å². The minimum absolute atomic E-state index is 0.0261. The van der Waals surface area contributed by atoms with E-state index < -0.39 is 23.9 Å². The Hall–Kier alpha value is -4.21. The molecule has 1 saturated heterocycles. The summed E-state index contributed by atoms with van der Waals surface area (Å²) in [4.78, 5) is 66.3. The van der Waals surface area contributed by atoms with E-state index in [2.05, 4.69) is 10.6 Å². The maximum absolute atomic E-state index is 12.7. The van der Waals surface area contributed by atoms with Crippen LogP contribution in [0.25, 0.3) is 11.1 Å². The van der Waals surface area contributed by atoms with Gasteiger partial charge in [0.25, 0.3) is 23.6 Å². The van der Waals surface area contributed by atoms with Crippen LogP contribution in [0.15, 0.2) is 36.4 Å². The van der Waals surface area contributed by atoms with Crippen molar-refractivity contribution >= 4 is 29.8 Å². The van der Waals surface area contributed by atoms with E-state index in [4.69, 9.17) is 9.57 Å². The van der Waals surface area contributed by atoms with E-state index in [0.29, 0.717) is 29.3 Å². The first-order chi connectivity index (χ1) is 18.8. The summed E-state index contributed by atoms with van der Waals surface area (Å²) in [5.74, 6) is -2.12. The number of benzene rings is 2. The van der Waals surface area contributed by atoms with Crippen molar-refractivity contribution in [3.63, 3.8) is 0 Å². The molecule has 206 valence electrons. The number of hydrogen-bond donors (Lipinski definition) is 2. The number of hydrogen-bond acceptors (Lipinski definition) is 7. The third-order valence-corrected chi connectivity index (χ3v) is 6.84. The molecule has 1 heterocycles. The maximum Gasteiger partial charge on any atom is 0.533 e. The smallest absolute Gasteiger partial charge is 0.432 e. The summed E-state index contributed by atoms with van der Waals surface area (Å²) in [6.07, 6.45) is 2.41. The lowest BCUT2D eigenvalue weighted by molar-refractivity contribution is -0.177. The monoisotopic (exact) mass is 535 g/mol. The number of nitrogens with one attached hydrogen (secondary N) is 2. The third-order valence-electron chi connectivity index (χ3n) is 6.84. The predicted octanol–water partition coefficient (Wildman–Crippen LogP) is 4.08. The van der Waals surface area contributed by atoms with Crippen molar-refractivity contribution in [2.75, 3.05) is 19.7 Å². The molecule has 2 aromatic carbocycles. The highest BCUT2D eigenvalue weighted by molar-refractivity contribution is 6.01. The summed E-state index contributed by atoms with van der Waals surface area (Å²) in [5.41, 5.74) is 4.18. The van der Waals surface area contributed by atoms with Crippen LogP contribution in [-0.4, -0.2) is 54.5 Å². The number of ether oxygens (including phenoxy) is 1. The molecular formula is C29H33N3O7. The van der Waals surface area contributed by atoms with Crippen molar-refractivity contribution in [2.24, 2.45) is 0 Å². The molecule has 0 aromatic heterocycles. The van der Waals surface area contributed by atoms with Gasteiger partial charge in [0.05, 0.1) is 0 Å². The Balaban J connectivity index is 1.59. The fraction of sp³-hybridized carbons (Fsp3) is 0.414. The van der Waals surface area contributed by atoms with E-state index in [1.165, 1.54) is 0 Å². The number of fused-ring (bicyclic) bond motifs is 3. The van der Waals surface area contributed by atoms with Gasteiger partial charge in [0, 0.05) is 43.0 Å². The highest BCUT2D eigenvalue weighted by Gasteiger charge is 2.35. The average molecular weight is 536 g/mol. The van der Waals surface area contributed by atoms with Gasteiger partial charge in [0.1, 0.15) is 6.61 Å². The first kappa shape index (κ1) is 27.8. The van der Waals surface area contributed by atoms with Crippen LogP contribution in [0, 0.1) is 0 Å². The standard InChI is InChI=1S/C29H33N3O7/c1-3-5-13-30-27(35)18-7-9-20-21-10-8-19(28(36)31-14-6-4-2)16-23(21)24(22(20)15-18)17-38-29(37)39-32-25(33)11-12-26(32)34/h7-10,15-16,24H,3-6,11-14,17H2,1-2H3,(H,30,35)(H,31,36). The molecule has 1 aliphatic carbocycles. The van der Waals surface area contributed by atoms with Gasteiger partial charge in [0.15, 0.2) is 0 Å². The summed E-state index contributed by atoms with van der Waals surface area (Å²) in [5, 5.41) is 6.24. The molecular weight excluding hydrogens is 502 g/mol. The zero-order chi connectivity index (χ0) is 27.9. The molecule has 10 heteroatoms. The van der Waals surface area contributed by atoms with Gasteiger partial charge >= 0.3 is 6.16 Å². The Bertz CT molecular complexity index is 1200. The van der Waals surface area contributed by atoms with Crippen LogP contribution >= 0.6 is 0 Å². The number of rotatable bonds is 11. The number of carbonyl (C=O) groups is 5. The third kappa shape index (κ3) is 6.27. The quantitative estimate of drug-likeness (QED) is 0.252. The molecule has 0 spiro atoms. The molecule has 1 fully saturated rings. The highest BCUT2D eigenvalue weighted by Crippen LogP contribution is 2.45. The number of carbonyl (C=O) groups excluding carboxylic acids is 5. The summed E-state index contributed by atoms with van der Waals surface area (Å²) >= 11 is 0. The minimum atomic E-state index is -1.18. The van der Waals surface area contributed by atoms with Crippen LogP contribution in [-0.2, 0) is 19.2 Å². The van der Waals surface area contributed by atoms with Gasteiger partial charge in [0.2, 0.25) is 0 Å². The molecule has 0 atom stereocenters. The lowest BCUT2D eigenvalue weighted by Crippen LogP contribution is -2.32. The first-order valence-electron chi connectivity index (χ1n) is 13.4. The van der Waals surface area contributed by atoms with Gasteiger partial charge in [-0.15, -0.1) is 0 Å². The van der Waals surface area contributed by atoms with E-state index in [9.17, 15) is 24.0 Å². The van der Waals surface area contributed by atoms with Gasteiger partial charge in [-0.2, -0.15) is 0 Å². The van der Waals surface area contributed by atoms with Crippen LogP contribution in [0.4, 0.5) is 4.79 Å². The zero-order valence-electron chi connectivity index (χ0n) is 22.2. The molecule has 1 aliphatic heterocycles. The van der Waals surface area contributed by atoms with Crippen molar-refractivity contribution in [1.29, 1.82) is 0 Å². The van der Waals surface area contributed by atoms with Crippen LogP contribution in [0.2, 0.25) is 0 Å². The molecule has 2 N–H and O–H groups in total. The molecule has 0 radical (unpaired) electrons. The number of unbranched alkanes of at least 4 members (excludes halogenated alkanes) is 2. The Labute approximate surface area is 227 Å². The molecule has 4 amide bonds.